The van der Waals surface area contributed by atoms with E-state index in [1.54, 1.807) is 79.9 Å². The van der Waals surface area contributed by atoms with Crippen molar-refractivity contribution in [3.63, 3.8) is 0 Å². The van der Waals surface area contributed by atoms with E-state index < -0.39 is 37.4 Å². The van der Waals surface area contributed by atoms with Crippen molar-refractivity contribution in [2.24, 2.45) is 0 Å². The van der Waals surface area contributed by atoms with Crippen LogP contribution < -0.4 is 92.8 Å². The van der Waals surface area contributed by atoms with Crippen LogP contribution >= 0.6 is 23.2 Å². The summed E-state index contributed by atoms with van der Waals surface area (Å²) in [6, 6.07) is 31.4. The van der Waals surface area contributed by atoms with Crippen molar-refractivity contribution in [2.75, 3.05) is 129 Å². The average molecular weight is 1600 g/mol. The zero-order valence-electron chi connectivity index (χ0n) is 60.1. The summed E-state index contributed by atoms with van der Waals surface area (Å²) in [7, 11) is 0.863. The predicted octanol–water partition coefficient (Wildman–Crippen LogP) is 3.92. The van der Waals surface area contributed by atoms with Crippen LogP contribution in [-0.4, -0.2) is 181 Å². The molecule has 10 aromatic rings. The first-order valence-corrected chi connectivity index (χ1v) is 36.6. The van der Waals surface area contributed by atoms with Crippen LogP contribution in [0.5, 0.6) is 46.5 Å². The quantitative estimate of drug-likeness (QED) is 0.0277. The van der Waals surface area contributed by atoms with E-state index in [4.69, 9.17) is 87.1 Å². The lowest BCUT2D eigenvalue weighted by atomic mass is 10.1. The fourth-order valence-corrected chi connectivity index (χ4v) is 13.9. The number of halogens is 3. The van der Waals surface area contributed by atoms with E-state index in [-0.39, 0.29) is 143 Å². The number of nitrogens with two attached hydrogens (primary N) is 2. The molecule has 0 aliphatic carbocycles. The van der Waals surface area contributed by atoms with Gasteiger partial charge in [-0.25, -0.2) is 31.2 Å². The van der Waals surface area contributed by atoms with Gasteiger partial charge in [-0.3, -0.25) is 22.5 Å². The number of carbonyl (C=O) groups excluding carboxylic acids is 1. The second-order valence-corrected chi connectivity index (χ2v) is 27.2. The topological polar surface area (TPSA) is 440 Å². The van der Waals surface area contributed by atoms with Gasteiger partial charge in [0.1, 0.15) is 58.7 Å². The number of ether oxygens (including phenoxy) is 10. The number of H-pyrrole nitrogens is 2. The molecule has 0 saturated carbocycles. The maximum absolute atomic E-state index is 14.1. The number of sulfonamides is 2. The fourth-order valence-electron chi connectivity index (χ4n) is 10.4. The number of rotatable bonds is 35. The van der Waals surface area contributed by atoms with Gasteiger partial charge in [0.25, 0.3) is 26.0 Å². The van der Waals surface area contributed by atoms with Crippen LogP contribution in [0.2, 0.25) is 10.0 Å². The Labute approximate surface area is 637 Å². The highest BCUT2D eigenvalue weighted by molar-refractivity contribution is 7.93. The summed E-state index contributed by atoms with van der Waals surface area (Å²) in [4.78, 5) is 71.2. The molecule has 6 aromatic carbocycles. The van der Waals surface area contributed by atoms with Gasteiger partial charge in [-0.2, -0.15) is 19.9 Å². The standard InChI is InChI=1S/C35H40ClN7O9S.C19H25ClN2O5S.C16H17N5O5.ClH/c1-5-51-24-11-13-25(14-12-24)53(46,47)43(27-20-28(49-3)26(36)19-29(27)50-4)16-6-15-38-33(44)23-9-7-22(8-10-23)21-42-32-30(39-35(42)45)31(37)40-34(41-32)52-18-17-48-2;1-4-27-14-6-8-15(9-7-14)28(23,24)22(11-5-10-21)17-13-18(25-2)16(20)12-19(17)26-3;1-25-6-7-26-15-19-12(17)11-13(20-15)21(16(24)18-11)8-9-2-4-10(5-3-9)14(22)23;/h7-14,19-20H,5-6,15-18,21H2,1-4H3,(H,38,44)(H,39,45)(H2,37,40,41);6-9,12-13H,4-5,10-11,21H2,1-3H3;2-5H,6-8H2,1H3,(H,18,24)(H,22,23)(H2,17,19,20);1H. The van der Waals surface area contributed by atoms with Gasteiger partial charge in [-0.15, -0.1) is 0 Å². The number of aromatic carboxylic acids is 1. The second-order valence-electron chi connectivity index (χ2n) is 22.7. The third-order valence-electron chi connectivity index (χ3n) is 15.7. The minimum Gasteiger partial charge on any atom is -1.00 e. The van der Waals surface area contributed by atoms with Crippen LogP contribution in [0.15, 0.2) is 141 Å². The average Bonchev–Trinajstić information content (AvgIpc) is 1.27. The van der Waals surface area contributed by atoms with E-state index in [1.165, 1.54) is 102 Å². The Hall–Kier alpha value is -10.8. The molecule has 1 amide bonds. The molecule has 108 heavy (non-hydrogen) atoms. The molecule has 10 rings (SSSR count). The highest BCUT2D eigenvalue weighted by Crippen LogP contribution is 2.42. The number of aromatic amines is 2. The lowest BCUT2D eigenvalue weighted by Gasteiger charge is -2.27. The van der Waals surface area contributed by atoms with Crippen molar-refractivity contribution in [2.45, 2.75) is 49.6 Å². The van der Waals surface area contributed by atoms with E-state index >= 15 is 0 Å². The molecule has 0 spiro atoms. The number of benzene rings is 6. The molecule has 33 nitrogen and oxygen atoms in total. The number of nitrogen functional groups attached to an aromatic ring is 2. The summed E-state index contributed by atoms with van der Waals surface area (Å²) >= 11 is 12.5. The molecule has 0 fully saturated rings. The second kappa shape index (κ2) is 39.7. The molecule has 0 radical (unpaired) electrons. The molecule has 38 heteroatoms. The fraction of sp³-hybridized carbons (Fsp3) is 0.314. The normalized spacial score (nSPS) is 11.1. The van der Waals surface area contributed by atoms with E-state index in [0.29, 0.717) is 95.4 Å². The van der Waals surface area contributed by atoms with E-state index in [0.717, 1.165) is 5.56 Å². The molecule has 0 saturated heterocycles. The Morgan fingerprint density at radius 3 is 1.30 bits per heavy atom. The minimum atomic E-state index is -4.13. The number of carboxylic acid groups (broad SMARTS) is 1. The monoisotopic (exact) mass is 1590 g/mol. The number of hydrogen-bond acceptors (Lipinski definition) is 24. The highest BCUT2D eigenvalue weighted by atomic mass is 35.5. The number of carboxylic acids is 1. The third kappa shape index (κ3) is 21.1. The first-order chi connectivity index (χ1) is 51.4. The third-order valence-corrected chi connectivity index (χ3v) is 20.0. The number of methoxy groups -OCH3 is 6. The van der Waals surface area contributed by atoms with Gasteiger partial charge in [-0.1, -0.05) is 47.5 Å². The Balaban J connectivity index is 0.000000248. The smallest absolute Gasteiger partial charge is 0.335 e. The van der Waals surface area contributed by atoms with Crippen LogP contribution in [0.1, 0.15) is 58.5 Å². The summed E-state index contributed by atoms with van der Waals surface area (Å²) in [5.74, 6) is 1.09. The maximum atomic E-state index is 14.1. The van der Waals surface area contributed by atoms with E-state index in [1.807, 2.05) is 13.8 Å². The Kier molecular flexibility index (Phi) is 31.1. The van der Waals surface area contributed by atoms with Crippen LogP contribution in [0.25, 0.3) is 22.3 Å². The number of quaternary nitrogens is 1. The highest BCUT2D eigenvalue weighted by Gasteiger charge is 2.31. The molecule has 0 atom stereocenters. The number of nitrogens with zero attached hydrogens (tertiary/aromatic N) is 8. The van der Waals surface area contributed by atoms with Gasteiger partial charge in [0.2, 0.25) is 0 Å². The molecule has 0 unspecified atom stereocenters. The van der Waals surface area contributed by atoms with Gasteiger partial charge < -0.3 is 97.4 Å². The number of aromatic nitrogens is 8. The number of amides is 1. The van der Waals surface area contributed by atoms with Crippen LogP contribution in [-0.2, 0) is 42.6 Å². The number of imidazole rings is 2. The SMILES string of the molecule is CCOc1ccc(S(=O)(=O)N(CCCNC(=O)c2ccc(Cn3c(=O)[nH]c4c(N)nc(OCCOC)nc43)cc2)c2cc(OC)c(Cl)cc2OC)cc1.CCOc1ccc(S(=O)(=O)N(CCC[NH3+])c2cc(OC)c(Cl)cc2OC)cc1.COCCOc1nc(N)c2[nH]c(=O)n(Cc3ccc(C(=O)O)cc3)c2n1.[Cl-]. The first-order valence-electron chi connectivity index (χ1n) is 33.0. The molecule has 0 aliphatic rings. The van der Waals surface area contributed by atoms with Crippen LogP contribution in [0, 0.1) is 0 Å². The zero-order valence-corrected chi connectivity index (χ0v) is 64.0. The minimum absolute atomic E-state index is 0. The first kappa shape index (κ1) is 84.5. The summed E-state index contributed by atoms with van der Waals surface area (Å²) < 4.78 is 113. The summed E-state index contributed by atoms with van der Waals surface area (Å²) in [5, 5.41) is 12.4. The number of hydrogen-bond donors (Lipinski definition) is 7. The number of fused-ring (bicyclic) bond motifs is 2. The molecule has 4 aromatic heterocycles. The lowest BCUT2D eigenvalue weighted by Crippen LogP contribution is -3.00. The lowest BCUT2D eigenvalue weighted by molar-refractivity contribution is -0.367. The van der Waals surface area contributed by atoms with Crippen molar-refractivity contribution in [1.29, 1.82) is 0 Å². The van der Waals surface area contributed by atoms with Crippen LogP contribution in [0.3, 0.4) is 0 Å². The molecule has 0 bridgehead atoms. The summed E-state index contributed by atoms with van der Waals surface area (Å²) in [5.41, 5.74) is 18.6. The van der Waals surface area contributed by atoms with Gasteiger partial charge >= 0.3 is 29.4 Å². The van der Waals surface area contributed by atoms with Crippen molar-refractivity contribution in [1.82, 2.24) is 44.4 Å². The number of nitrogens with one attached hydrogen (secondary N) is 3. The van der Waals surface area contributed by atoms with Crippen molar-refractivity contribution in [3.8, 4) is 46.5 Å². The van der Waals surface area contributed by atoms with Gasteiger partial charge in [-0.05, 0) is 104 Å². The maximum Gasteiger partial charge on any atom is 0.335 e. The number of anilines is 4. The van der Waals surface area contributed by atoms with Crippen molar-refractivity contribution >= 4 is 100 Å². The van der Waals surface area contributed by atoms with Gasteiger partial charge in [0, 0.05) is 70.1 Å². The van der Waals surface area contributed by atoms with Crippen molar-refractivity contribution in [3.05, 3.63) is 175 Å². The molecule has 11 N–H and O–H groups in total. The van der Waals surface area contributed by atoms with Crippen LogP contribution in [0.4, 0.5) is 23.0 Å². The largest absolute Gasteiger partial charge is 1.00 e. The molecule has 580 valence electrons. The molecular formula is C70H83Cl3N14O19S2. The summed E-state index contributed by atoms with van der Waals surface area (Å²) in [6.07, 6.45) is 0.810. The van der Waals surface area contributed by atoms with E-state index in [9.17, 15) is 36.0 Å². The Morgan fingerprint density at radius 1 is 0.546 bits per heavy atom. The predicted molar refractivity (Wildman–Crippen MR) is 401 cm³/mol. The summed E-state index contributed by atoms with van der Waals surface area (Å²) in [6.45, 7) is 7.02. The molecular weight excluding hydrogens is 1510 g/mol. The van der Waals surface area contributed by atoms with Gasteiger partial charge in [0.05, 0.1) is 111 Å². The molecule has 0 aliphatic heterocycles. The van der Waals surface area contributed by atoms with E-state index in [2.05, 4.69) is 41.0 Å². The Bertz CT molecular complexity index is 5040. The number of carbonyl (C=O) groups is 2. The van der Waals surface area contributed by atoms with Crippen molar-refractivity contribution < 1.29 is 97.0 Å². The molecule has 4 heterocycles. The zero-order chi connectivity index (χ0) is 77.5. The van der Waals surface area contributed by atoms with Gasteiger partial charge in [0.15, 0.2) is 22.9 Å². The Morgan fingerprint density at radius 2 is 0.935 bits per heavy atom.